The van der Waals surface area contributed by atoms with E-state index in [9.17, 15) is 14.4 Å². The van der Waals surface area contributed by atoms with Crippen molar-refractivity contribution < 1.29 is 23.9 Å². The molecule has 7 heteroatoms. The fourth-order valence-corrected chi connectivity index (χ4v) is 2.39. The van der Waals surface area contributed by atoms with Crippen LogP contribution in [0.4, 0.5) is 4.79 Å². The van der Waals surface area contributed by atoms with Gasteiger partial charge in [0.2, 0.25) is 0 Å². The van der Waals surface area contributed by atoms with Crippen molar-refractivity contribution in [2.24, 2.45) is 5.92 Å². The zero-order chi connectivity index (χ0) is 19.9. The van der Waals surface area contributed by atoms with Crippen molar-refractivity contribution in [3.63, 3.8) is 0 Å². The van der Waals surface area contributed by atoms with E-state index in [0.29, 0.717) is 5.70 Å². The molecule has 1 amide bonds. The minimum absolute atomic E-state index is 0.0102. The second-order valence-corrected chi connectivity index (χ2v) is 7.40. The van der Waals surface area contributed by atoms with E-state index in [1.807, 2.05) is 13.8 Å². The monoisotopic (exact) mass is 366 g/mol. The number of esters is 1. The van der Waals surface area contributed by atoms with Gasteiger partial charge in [-0.25, -0.2) is 9.59 Å². The number of carbonyl (C=O) groups excluding carboxylic acids is 3. The molecule has 1 N–H and O–H groups in total. The number of Topliss-reactive ketones (excluding diaryl/α,β-unsaturated/α-hetero) is 1. The van der Waals surface area contributed by atoms with Crippen LogP contribution in [0.3, 0.4) is 0 Å². The topological polar surface area (TPSA) is 84.9 Å². The highest BCUT2D eigenvalue weighted by atomic mass is 16.6. The summed E-state index contributed by atoms with van der Waals surface area (Å²) in [5, 5.41) is 3.10. The average molecular weight is 366 g/mol. The lowest BCUT2D eigenvalue weighted by Gasteiger charge is -2.31. The maximum Gasteiger partial charge on any atom is 0.414 e. The molecule has 1 rings (SSSR count). The lowest BCUT2D eigenvalue weighted by Crippen LogP contribution is -2.47. The Bertz CT molecular complexity index is 577. The number of hydrogen-bond donors (Lipinski definition) is 1. The number of rotatable bonds is 7. The summed E-state index contributed by atoms with van der Waals surface area (Å²) < 4.78 is 10.5. The second kappa shape index (κ2) is 9.40. The molecule has 2 atom stereocenters. The summed E-state index contributed by atoms with van der Waals surface area (Å²) in [5.41, 5.74) is -0.116. The van der Waals surface area contributed by atoms with Gasteiger partial charge in [0.15, 0.2) is 5.78 Å². The largest absolute Gasteiger partial charge is 0.458 e. The molecule has 0 bridgehead atoms. The van der Waals surface area contributed by atoms with Crippen LogP contribution in [0.1, 0.15) is 47.5 Å². The third-order valence-corrected chi connectivity index (χ3v) is 3.82. The second-order valence-electron chi connectivity index (χ2n) is 7.40. The van der Waals surface area contributed by atoms with Gasteiger partial charge in [-0.05, 0) is 26.7 Å². The van der Waals surface area contributed by atoms with E-state index in [-0.39, 0.29) is 37.2 Å². The summed E-state index contributed by atoms with van der Waals surface area (Å²) in [6, 6.07) is -0.609. The van der Waals surface area contributed by atoms with Gasteiger partial charge in [0.25, 0.3) is 0 Å². The summed E-state index contributed by atoms with van der Waals surface area (Å²) in [6.07, 6.45) is 3.22. The maximum absolute atomic E-state index is 12.6. The first-order chi connectivity index (χ1) is 12.1. The predicted molar refractivity (Wildman–Crippen MR) is 98.2 cm³/mol. The molecule has 0 aromatic rings. The number of amides is 1. The molecule has 7 nitrogen and oxygen atoms in total. The van der Waals surface area contributed by atoms with Crippen molar-refractivity contribution in [1.29, 1.82) is 0 Å². The fourth-order valence-electron chi connectivity index (χ4n) is 2.39. The van der Waals surface area contributed by atoms with Crippen LogP contribution in [0.15, 0.2) is 24.6 Å². The summed E-state index contributed by atoms with van der Waals surface area (Å²) in [5.74, 6) is -0.534. The van der Waals surface area contributed by atoms with Crippen LogP contribution in [-0.2, 0) is 19.1 Å². The van der Waals surface area contributed by atoms with Gasteiger partial charge in [-0.2, -0.15) is 0 Å². The Hall–Kier alpha value is -2.31. The quantitative estimate of drug-likeness (QED) is 0.551. The maximum atomic E-state index is 12.6. The molecule has 146 valence electrons. The SMILES string of the molecule is C=CCOC(=O)N1C=C(NC(C(=O)OC(C)(C)C)C(C)CC)CC(=O)C1. The van der Waals surface area contributed by atoms with E-state index >= 15 is 0 Å². The smallest absolute Gasteiger partial charge is 0.414 e. The highest BCUT2D eigenvalue weighted by molar-refractivity contribution is 5.88. The zero-order valence-corrected chi connectivity index (χ0v) is 16.3. The molecule has 0 radical (unpaired) electrons. The minimum Gasteiger partial charge on any atom is -0.458 e. The van der Waals surface area contributed by atoms with Gasteiger partial charge in [0.1, 0.15) is 18.2 Å². The molecule has 0 aliphatic carbocycles. The predicted octanol–water partition coefficient (Wildman–Crippen LogP) is 2.77. The van der Waals surface area contributed by atoms with E-state index in [1.54, 1.807) is 20.8 Å². The molecule has 0 fully saturated rings. The van der Waals surface area contributed by atoms with Gasteiger partial charge in [-0.1, -0.05) is 32.9 Å². The van der Waals surface area contributed by atoms with Crippen LogP contribution >= 0.6 is 0 Å². The van der Waals surface area contributed by atoms with Crippen molar-refractivity contribution >= 4 is 17.8 Å². The van der Waals surface area contributed by atoms with Gasteiger partial charge in [0.05, 0.1) is 6.54 Å². The summed E-state index contributed by atoms with van der Waals surface area (Å²) in [6.45, 7) is 12.8. The van der Waals surface area contributed by atoms with E-state index in [0.717, 1.165) is 6.42 Å². The molecular formula is C19H30N2O5. The molecule has 0 aromatic heterocycles. The Morgan fingerprint density at radius 3 is 2.62 bits per heavy atom. The Labute approximate surface area is 155 Å². The van der Waals surface area contributed by atoms with Crippen molar-refractivity contribution in [1.82, 2.24) is 10.2 Å². The highest BCUT2D eigenvalue weighted by Gasteiger charge is 2.31. The van der Waals surface area contributed by atoms with Crippen LogP contribution in [0.5, 0.6) is 0 Å². The first-order valence-corrected chi connectivity index (χ1v) is 8.83. The van der Waals surface area contributed by atoms with Crippen LogP contribution in [0, 0.1) is 5.92 Å². The van der Waals surface area contributed by atoms with E-state index in [2.05, 4.69) is 11.9 Å². The van der Waals surface area contributed by atoms with Gasteiger partial charge in [-0.3, -0.25) is 9.69 Å². The Kier molecular flexibility index (Phi) is 7.86. The van der Waals surface area contributed by atoms with Gasteiger partial charge >= 0.3 is 12.1 Å². The van der Waals surface area contributed by atoms with E-state index in [1.165, 1.54) is 17.2 Å². The Morgan fingerprint density at radius 1 is 1.42 bits per heavy atom. The minimum atomic E-state index is -0.630. The summed E-state index contributed by atoms with van der Waals surface area (Å²) in [4.78, 5) is 37.8. The summed E-state index contributed by atoms with van der Waals surface area (Å²) >= 11 is 0. The molecule has 0 aromatic carbocycles. The number of nitrogens with one attached hydrogen (secondary N) is 1. The Balaban J connectivity index is 2.95. The lowest BCUT2D eigenvalue weighted by molar-refractivity contribution is -0.158. The standard InChI is InChI=1S/C19H30N2O5/c1-7-9-25-18(24)21-11-14(10-15(22)12-21)20-16(13(3)8-2)17(23)26-19(4,5)6/h7,11,13,16,20H,1,8-10,12H2,2-6H3. The number of hydrogen-bond acceptors (Lipinski definition) is 6. The van der Waals surface area contributed by atoms with E-state index < -0.39 is 17.7 Å². The van der Waals surface area contributed by atoms with Crippen LogP contribution in [0.25, 0.3) is 0 Å². The average Bonchev–Trinajstić information content (AvgIpc) is 2.54. The lowest BCUT2D eigenvalue weighted by atomic mass is 9.98. The zero-order valence-electron chi connectivity index (χ0n) is 16.3. The first-order valence-electron chi connectivity index (χ1n) is 8.83. The summed E-state index contributed by atoms with van der Waals surface area (Å²) in [7, 11) is 0. The van der Waals surface area contributed by atoms with Crippen molar-refractivity contribution in [2.75, 3.05) is 13.2 Å². The number of carbonyl (C=O) groups is 3. The number of nitrogens with zero attached hydrogens (tertiary/aromatic N) is 1. The van der Waals surface area contributed by atoms with Gasteiger partial charge < -0.3 is 14.8 Å². The van der Waals surface area contributed by atoms with Gasteiger partial charge in [0, 0.05) is 18.3 Å². The highest BCUT2D eigenvalue weighted by Crippen LogP contribution is 2.18. The molecule has 0 saturated heterocycles. The van der Waals surface area contributed by atoms with Crippen LogP contribution in [0.2, 0.25) is 0 Å². The van der Waals surface area contributed by atoms with Crippen molar-refractivity contribution in [3.05, 3.63) is 24.6 Å². The number of ketones is 1. The first kappa shape index (κ1) is 21.7. The Morgan fingerprint density at radius 2 is 2.08 bits per heavy atom. The number of allylic oxidation sites excluding steroid dienone is 1. The third kappa shape index (κ3) is 6.90. The van der Waals surface area contributed by atoms with Crippen molar-refractivity contribution in [3.8, 4) is 0 Å². The van der Waals surface area contributed by atoms with Crippen molar-refractivity contribution in [2.45, 2.75) is 59.1 Å². The molecule has 26 heavy (non-hydrogen) atoms. The molecule has 0 spiro atoms. The van der Waals surface area contributed by atoms with Crippen LogP contribution < -0.4 is 5.32 Å². The van der Waals surface area contributed by atoms with Gasteiger partial charge in [-0.15, -0.1) is 0 Å². The molecule has 0 saturated carbocycles. The molecule has 1 aliphatic rings. The molecule has 1 heterocycles. The fraction of sp³-hybridized carbons (Fsp3) is 0.632. The van der Waals surface area contributed by atoms with Crippen LogP contribution in [-0.4, -0.2) is 47.5 Å². The van der Waals surface area contributed by atoms with E-state index in [4.69, 9.17) is 9.47 Å². The molecule has 2 unspecified atom stereocenters. The molecule has 1 aliphatic heterocycles. The molecular weight excluding hydrogens is 336 g/mol. The number of ether oxygens (including phenoxy) is 2. The third-order valence-electron chi connectivity index (χ3n) is 3.82. The normalized spacial score (nSPS) is 17.0.